The molecule has 0 unspecified atom stereocenters. The molecule has 1 heterocycles. The van der Waals surface area contributed by atoms with Crippen LogP contribution in [0.4, 0.5) is 0 Å². The minimum Gasteiger partial charge on any atom is -0.400 e. The maximum absolute atomic E-state index is 10.8. The van der Waals surface area contributed by atoms with Crippen LogP contribution >= 0.6 is 23.3 Å². The number of thiophene rings is 1. The van der Waals surface area contributed by atoms with Crippen LogP contribution in [-0.2, 0) is 4.79 Å². The summed E-state index contributed by atoms with van der Waals surface area (Å²) in [5.74, 6) is 4.88. The summed E-state index contributed by atoms with van der Waals surface area (Å²) in [7, 11) is 0. The van der Waals surface area contributed by atoms with Crippen molar-refractivity contribution in [3.8, 4) is 0 Å². The van der Waals surface area contributed by atoms with Gasteiger partial charge in [-0.25, -0.2) is 11.3 Å². The van der Waals surface area contributed by atoms with E-state index in [9.17, 15) is 4.79 Å². The van der Waals surface area contributed by atoms with Gasteiger partial charge >= 0.3 is 0 Å². The number of carbonyl (C=O) groups excluding carboxylic acids is 1. The maximum Gasteiger partial charge on any atom is 0.264 e. The molecule has 1 aromatic heterocycles. The highest BCUT2D eigenvalue weighted by Gasteiger charge is 2.03. The summed E-state index contributed by atoms with van der Waals surface area (Å²) in [5.41, 5.74) is 7.66. The first-order valence-electron chi connectivity index (χ1n) is 4.94. The number of nitrogens with zero attached hydrogens (tertiary/aromatic N) is 1. The molecule has 0 aliphatic heterocycles. The van der Waals surface area contributed by atoms with Crippen LogP contribution in [0.2, 0.25) is 0 Å². The van der Waals surface area contributed by atoms with Crippen LogP contribution in [0.1, 0.15) is 0 Å². The molecule has 0 bridgehead atoms. The third-order valence-corrected chi connectivity index (χ3v) is 3.35. The van der Waals surface area contributed by atoms with Crippen LogP contribution in [0.3, 0.4) is 0 Å². The lowest BCUT2D eigenvalue weighted by Crippen LogP contribution is -2.37. The van der Waals surface area contributed by atoms with Crippen molar-refractivity contribution in [3.63, 3.8) is 0 Å². The maximum atomic E-state index is 10.8. The molecular weight excluding hydrogens is 274 g/mol. The van der Waals surface area contributed by atoms with Gasteiger partial charge in [0.05, 0.1) is 0 Å². The molecular formula is C9H15N5O2S2. The van der Waals surface area contributed by atoms with Crippen molar-refractivity contribution in [2.24, 2.45) is 11.6 Å². The average Bonchev–Trinajstić information content (AvgIpc) is 2.81. The van der Waals surface area contributed by atoms with Crippen LogP contribution in [0.5, 0.6) is 0 Å². The van der Waals surface area contributed by atoms with Crippen LogP contribution in [0.15, 0.2) is 33.6 Å². The zero-order valence-electron chi connectivity index (χ0n) is 9.50. The molecule has 0 radical (unpaired) electrons. The van der Waals surface area contributed by atoms with Gasteiger partial charge in [0, 0.05) is 28.7 Å². The minimum atomic E-state index is -0.609. The van der Waals surface area contributed by atoms with Crippen LogP contribution in [0.25, 0.3) is 0 Å². The quantitative estimate of drug-likeness (QED) is 0.205. The van der Waals surface area contributed by atoms with E-state index < -0.39 is 5.91 Å². The predicted molar refractivity (Wildman–Crippen MR) is 71.3 cm³/mol. The van der Waals surface area contributed by atoms with Crippen molar-refractivity contribution in [1.82, 2.24) is 15.2 Å². The molecule has 0 saturated carbocycles. The SMILES string of the molecule is N/C(=C\N(N)CC(=O)NO)CNSc1ccsc1. The molecule has 1 amide bonds. The highest BCUT2D eigenvalue weighted by atomic mass is 32.2. The number of hydrazine groups is 1. The van der Waals surface area contributed by atoms with Crippen molar-refractivity contribution in [3.05, 3.63) is 28.7 Å². The van der Waals surface area contributed by atoms with Crippen molar-refractivity contribution in [1.29, 1.82) is 0 Å². The Bertz CT molecular complexity index is 396. The topological polar surface area (TPSA) is 117 Å². The van der Waals surface area contributed by atoms with E-state index in [1.165, 1.54) is 23.6 Å². The Morgan fingerprint density at radius 3 is 3.06 bits per heavy atom. The summed E-state index contributed by atoms with van der Waals surface area (Å²) >= 11 is 3.08. The summed E-state index contributed by atoms with van der Waals surface area (Å²) in [5, 5.41) is 13.4. The molecule has 7 nitrogen and oxygen atoms in total. The first-order chi connectivity index (χ1) is 8.61. The van der Waals surface area contributed by atoms with Gasteiger partial charge in [-0.2, -0.15) is 11.3 Å². The van der Waals surface area contributed by atoms with Crippen LogP contribution < -0.4 is 21.8 Å². The first kappa shape index (κ1) is 14.8. The van der Waals surface area contributed by atoms with E-state index >= 15 is 0 Å². The highest BCUT2D eigenvalue weighted by molar-refractivity contribution is 7.97. The molecule has 1 aromatic rings. The number of rotatable bonds is 7. The molecule has 0 saturated heterocycles. The number of hydrogen-bond donors (Lipinski definition) is 5. The third kappa shape index (κ3) is 5.89. The monoisotopic (exact) mass is 289 g/mol. The molecule has 9 heteroatoms. The second-order valence-corrected chi connectivity index (χ2v) is 5.04. The second kappa shape index (κ2) is 7.95. The molecule has 18 heavy (non-hydrogen) atoms. The molecule has 0 aromatic carbocycles. The highest BCUT2D eigenvalue weighted by Crippen LogP contribution is 2.17. The molecule has 0 atom stereocenters. The lowest BCUT2D eigenvalue weighted by atomic mass is 10.5. The van der Waals surface area contributed by atoms with Gasteiger partial charge in [-0.1, -0.05) is 0 Å². The van der Waals surface area contributed by atoms with Crippen molar-refractivity contribution >= 4 is 29.2 Å². The Morgan fingerprint density at radius 1 is 1.67 bits per heavy atom. The Morgan fingerprint density at radius 2 is 2.44 bits per heavy atom. The van der Waals surface area contributed by atoms with Crippen molar-refractivity contribution < 1.29 is 10.0 Å². The fraction of sp³-hybridized carbons (Fsp3) is 0.222. The summed E-state index contributed by atoms with van der Waals surface area (Å²) in [6.45, 7) is 0.254. The zero-order chi connectivity index (χ0) is 13.4. The predicted octanol–water partition coefficient (Wildman–Crippen LogP) is -0.174. The molecule has 100 valence electrons. The summed E-state index contributed by atoms with van der Waals surface area (Å²) in [4.78, 5) is 11.9. The number of nitrogens with one attached hydrogen (secondary N) is 2. The van der Waals surface area contributed by atoms with Gasteiger partial charge in [-0.15, -0.1) is 0 Å². The average molecular weight is 289 g/mol. The molecule has 7 N–H and O–H groups in total. The Balaban J connectivity index is 2.26. The lowest BCUT2D eigenvalue weighted by Gasteiger charge is -2.13. The summed E-state index contributed by atoms with van der Waals surface area (Å²) in [6.07, 6.45) is 1.43. The van der Waals surface area contributed by atoms with E-state index in [4.69, 9.17) is 16.8 Å². The van der Waals surface area contributed by atoms with E-state index in [0.29, 0.717) is 12.2 Å². The normalized spacial score (nSPS) is 11.3. The fourth-order valence-electron chi connectivity index (χ4n) is 1.02. The second-order valence-electron chi connectivity index (χ2n) is 3.29. The Labute approximate surface area is 113 Å². The fourth-order valence-corrected chi connectivity index (χ4v) is 2.52. The van der Waals surface area contributed by atoms with E-state index in [2.05, 4.69) is 4.72 Å². The van der Waals surface area contributed by atoms with E-state index in [1.54, 1.807) is 11.3 Å². The third-order valence-electron chi connectivity index (χ3n) is 1.74. The summed E-state index contributed by atoms with van der Waals surface area (Å²) < 4.78 is 3.06. The minimum absolute atomic E-state index is 0.172. The number of nitrogens with two attached hydrogens (primary N) is 2. The van der Waals surface area contributed by atoms with E-state index in [-0.39, 0.29) is 6.54 Å². The molecule has 0 fully saturated rings. The van der Waals surface area contributed by atoms with E-state index in [0.717, 1.165) is 9.90 Å². The zero-order valence-corrected chi connectivity index (χ0v) is 11.1. The standard InChI is InChI=1S/C9H15N5O2S2/c10-7(4-14(11)5-9(15)13-16)3-12-18-8-1-2-17-6-8/h1-2,4,6,12,16H,3,5,10-11H2,(H,13,15)/b7-4-. The van der Waals surface area contributed by atoms with Crippen molar-refractivity contribution in [2.75, 3.05) is 13.1 Å². The van der Waals surface area contributed by atoms with Gasteiger partial charge in [-0.3, -0.25) is 14.7 Å². The van der Waals surface area contributed by atoms with Crippen molar-refractivity contribution in [2.45, 2.75) is 4.90 Å². The number of amides is 1. The first-order valence-corrected chi connectivity index (χ1v) is 6.70. The number of hydrogen-bond acceptors (Lipinski definition) is 8. The smallest absolute Gasteiger partial charge is 0.264 e. The number of hydroxylamine groups is 1. The largest absolute Gasteiger partial charge is 0.400 e. The van der Waals surface area contributed by atoms with Gasteiger partial charge in [-0.05, 0) is 23.4 Å². The molecule has 1 rings (SSSR count). The van der Waals surface area contributed by atoms with Crippen LogP contribution in [-0.4, -0.2) is 29.2 Å². The molecule has 0 aliphatic rings. The van der Waals surface area contributed by atoms with Crippen LogP contribution in [0, 0.1) is 0 Å². The Kier molecular flexibility index (Phi) is 6.54. The molecule has 0 spiro atoms. The summed E-state index contributed by atoms with van der Waals surface area (Å²) in [6, 6.07) is 1.99. The van der Waals surface area contributed by atoms with Gasteiger partial charge in [0.1, 0.15) is 6.54 Å². The van der Waals surface area contributed by atoms with Gasteiger partial charge in [0.15, 0.2) is 0 Å². The number of carbonyl (C=O) groups is 1. The Hall–Kier alpha value is -1.26. The lowest BCUT2D eigenvalue weighted by molar-refractivity contribution is -0.129. The van der Waals surface area contributed by atoms with E-state index in [1.807, 2.05) is 16.8 Å². The van der Waals surface area contributed by atoms with Gasteiger partial charge in [0.2, 0.25) is 0 Å². The van der Waals surface area contributed by atoms with Gasteiger partial charge in [0.25, 0.3) is 5.91 Å². The van der Waals surface area contributed by atoms with Gasteiger partial charge < -0.3 is 10.7 Å². The molecule has 0 aliphatic carbocycles.